The molecule has 0 saturated carbocycles. The van der Waals surface area contributed by atoms with Gasteiger partial charge < -0.3 is 10.2 Å². The molecule has 0 heterocycles. The molecule has 5 nitrogen and oxygen atoms in total. The molecule has 1 rings (SSSR count). The standard InChI is InChI=1S/C11H15ClFN3O2/c1-7(15(2)3)6-14-10-4-8(12)9(13)5-11(10)16(17)18/h4-5,7,14H,6H2,1-3H3. The van der Waals surface area contributed by atoms with E-state index in [4.69, 9.17) is 11.6 Å². The molecule has 0 bridgehead atoms. The lowest BCUT2D eigenvalue weighted by Crippen LogP contribution is -2.31. The molecule has 0 aromatic heterocycles. The average molecular weight is 276 g/mol. The topological polar surface area (TPSA) is 58.4 Å². The van der Waals surface area contributed by atoms with Crippen LogP contribution in [0.1, 0.15) is 6.92 Å². The van der Waals surface area contributed by atoms with Crippen molar-refractivity contribution in [2.24, 2.45) is 0 Å². The van der Waals surface area contributed by atoms with E-state index in [-0.39, 0.29) is 22.4 Å². The van der Waals surface area contributed by atoms with Crippen molar-refractivity contribution in [3.05, 3.63) is 33.1 Å². The van der Waals surface area contributed by atoms with E-state index >= 15 is 0 Å². The van der Waals surface area contributed by atoms with E-state index in [0.717, 1.165) is 6.07 Å². The second-order valence-corrected chi connectivity index (χ2v) is 4.64. The van der Waals surface area contributed by atoms with Crippen LogP contribution in [0.5, 0.6) is 0 Å². The van der Waals surface area contributed by atoms with Gasteiger partial charge in [0, 0.05) is 12.6 Å². The highest BCUT2D eigenvalue weighted by Gasteiger charge is 2.18. The largest absolute Gasteiger partial charge is 0.378 e. The molecule has 0 aliphatic rings. The summed E-state index contributed by atoms with van der Waals surface area (Å²) >= 11 is 5.62. The van der Waals surface area contributed by atoms with E-state index in [1.807, 2.05) is 25.9 Å². The summed E-state index contributed by atoms with van der Waals surface area (Å²) < 4.78 is 13.2. The maximum absolute atomic E-state index is 13.2. The number of hydrogen-bond acceptors (Lipinski definition) is 4. The third-order valence-electron chi connectivity index (χ3n) is 2.70. The zero-order valence-corrected chi connectivity index (χ0v) is 11.2. The summed E-state index contributed by atoms with van der Waals surface area (Å²) in [5, 5.41) is 13.6. The summed E-state index contributed by atoms with van der Waals surface area (Å²) in [6.45, 7) is 2.46. The first kappa shape index (κ1) is 14.7. The van der Waals surface area contributed by atoms with Crippen LogP contribution in [0.15, 0.2) is 12.1 Å². The van der Waals surface area contributed by atoms with Gasteiger partial charge in [0.15, 0.2) is 0 Å². The maximum atomic E-state index is 13.2. The minimum atomic E-state index is -0.797. The molecule has 18 heavy (non-hydrogen) atoms. The molecule has 0 amide bonds. The van der Waals surface area contributed by atoms with E-state index in [0.29, 0.717) is 6.54 Å². The van der Waals surface area contributed by atoms with Crippen molar-refractivity contribution in [3.8, 4) is 0 Å². The van der Waals surface area contributed by atoms with Gasteiger partial charge in [0.1, 0.15) is 11.5 Å². The van der Waals surface area contributed by atoms with Gasteiger partial charge in [0.25, 0.3) is 5.69 Å². The van der Waals surface area contributed by atoms with Crippen LogP contribution in [0.2, 0.25) is 5.02 Å². The molecule has 1 N–H and O–H groups in total. The molecule has 0 aliphatic carbocycles. The molecule has 1 aromatic carbocycles. The SMILES string of the molecule is CC(CNc1cc(Cl)c(F)cc1[N+](=O)[O-])N(C)C. The Labute approximate surface area is 110 Å². The van der Waals surface area contributed by atoms with Crippen LogP contribution < -0.4 is 5.32 Å². The Hall–Kier alpha value is -1.40. The Bertz CT molecular complexity index is 454. The third-order valence-corrected chi connectivity index (χ3v) is 2.99. The molecular formula is C11H15ClFN3O2. The van der Waals surface area contributed by atoms with Crippen molar-refractivity contribution in [1.82, 2.24) is 4.90 Å². The summed E-state index contributed by atoms with van der Waals surface area (Å²) in [6, 6.07) is 2.23. The molecule has 1 atom stereocenters. The number of rotatable bonds is 5. The molecule has 1 unspecified atom stereocenters. The molecule has 0 fully saturated rings. The van der Waals surface area contributed by atoms with Crippen LogP contribution in [0.4, 0.5) is 15.8 Å². The van der Waals surface area contributed by atoms with Gasteiger partial charge in [-0.05, 0) is 27.1 Å². The van der Waals surface area contributed by atoms with Crippen LogP contribution in [-0.2, 0) is 0 Å². The fraction of sp³-hybridized carbons (Fsp3) is 0.455. The van der Waals surface area contributed by atoms with Gasteiger partial charge in [-0.15, -0.1) is 0 Å². The van der Waals surface area contributed by atoms with Gasteiger partial charge in [-0.2, -0.15) is 0 Å². The number of nitro benzene ring substituents is 1. The number of likely N-dealkylation sites (N-methyl/N-ethyl adjacent to an activating group) is 1. The first-order valence-corrected chi connectivity index (χ1v) is 5.74. The highest BCUT2D eigenvalue weighted by atomic mass is 35.5. The van der Waals surface area contributed by atoms with E-state index in [9.17, 15) is 14.5 Å². The van der Waals surface area contributed by atoms with Crippen LogP contribution in [0.25, 0.3) is 0 Å². The van der Waals surface area contributed by atoms with Gasteiger partial charge >= 0.3 is 0 Å². The predicted octanol–water partition coefficient (Wildman–Crippen LogP) is 2.75. The fourth-order valence-electron chi connectivity index (χ4n) is 1.27. The molecule has 0 radical (unpaired) electrons. The number of nitrogens with one attached hydrogen (secondary N) is 1. The summed E-state index contributed by atoms with van der Waals surface area (Å²) in [7, 11) is 3.80. The average Bonchev–Trinajstić information content (AvgIpc) is 2.29. The smallest absolute Gasteiger partial charge is 0.295 e. The predicted molar refractivity (Wildman–Crippen MR) is 69.7 cm³/mol. The van der Waals surface area contributed by atoms with Gasteiger partial charge in [-0.3, -0.25) is 10.1 Å². The molecule has 100 valence electrons. The quantitative estimate of drug-likeness (QED) is 0.663. The van der Waals surface area contributed by atoms with Crippen molar-refractivity contribution in [1.29, 1.82) is 0 Å². The second-order valence-electron chi connectivity index (χ2n) is 4.23. The monoisotopic (exact) mass is 275 g/mol. The lowest BCUT2D eigenvalue weighted by atomic mass is 10.2. The highest BCUT2D eigenvalue weighted by Crippen LogP contribution is 2.30. The number of anilines is 1. The summed E-state index contributed by atoms with van der Waals surface area (Å²) in [4.78, 5) is 12.1. The van der Waals surface area contributed by atoms with Crippen molar-refractivity contribution in [2.75, 3.05) is 26.0 Å². The van der Waals surface area contributed by atoms with Gasteiger partial charge in [0.2, 0.25) is 0 Å². The Morgan fingerprint density at radius 2 is 2.17 bits per heavy atom. The van der Waals surface area contributed by atoms with E-state index < -0.39 is 10.7 Å². The van der Waals surface area contributed by atoms with Crippen molar-refractivity contribution in [3.63, 3.8) is 0 Å². The van der Waals surface area contributed by atoms with Gasteiger partial charge in [0.05, 0.1) is 16.0 Å². The Morgan fingerprint density at radius 1 is 1.56 bits per heavy atom. The minimum absolute atomic E-state index is 0.138. The van der Waals surface area contributed by atoms with Crippen molar-refractivity contribution >= 4 is 23.0 Å². The van der Waals surface area contributed by atoms with Crippen LogP contribution in [0, 0.1) is 15.9 Å². The maximum Gasteiger partial charge on any atom is 0.295 e. The molecule has 0 saturated heterocycles. The van der Waals surface area contributed by atoms with E-state index in [2.05, 4.69) is 5.32 Å². The summed E-state index contributed by atoms with van der Waals surface area (Å²) in [5.41, 5.74) is -0.0945. The number of hydrogen-bond donors (Lipinski definition) is 1. The highest BCUT2D eigenvalue weighted by molar-refractivity contribution is 6.31. The first-order chi connectivity index (χ1) is 8.32. The molecule has 1 aromatic rings. The van der Waals surface area contributed by atoms with Crippen LogP contribution in [0.3, 0.4) is 0 Å². The summed E-state index contributed by atoms with van der Waals surface area (Å²) in [6.07, 6.45) is 0. The summed E-state index contributed by atoms with van der Waals surface area (Å²) in [5.74, 6) is -0.797. The van der Waals surface area contributed by atoms with E-state index in [1.54, 1.807) is 0 Å². The van der Waals surface area contributed by atoms with Gasteiger partial charge in [-0.1, -0.05) is 11.6 Å². The van der Waals surface area contributed by atoms with E-state index in [1.165, 1.54) is 6.07 Å². The third kappa shape index (κ3) is 3.54. The minimum Gasteiger partial charge on any atom is -0.378 e. The Balaban J connectivity index is 2.93. The lowest BCUT2D eigenvalue weighted by molar-refractivity contribution is -0.384. The normalized spacial score (nSPS) is 12.6. The Morgan fingerprint density at radius 3 is 2.67 bits per heavy atom. The van der Waals surface area contributed by atoms with Gasteiger partial charge in [-0.25, -0.2) is 4.39 Å². The van der Waals surface area contributed by atoms with Crippen LogP contribution in [-0.4, -0.2) is 36.5 Å². The first-order valence-electron chi connectivity index (χ1n) is 5.36. The molecular weight excluding hydrogens is 261 g/mol. The lowest BCUT2D eigenvalue weighted by Gasteiger charge is -2.20. The zero-order valence-electron chi connectivity index (χ0n) is 10.4. The number of halogens is 2. The second kappa shape index (κ2) is 5.97. The molecule has 0 spiro atoms. The molecule has 0 aliphatic heterocycles. The van der Waals surface area contributed by atoms with Crippen LogP contribution >= 0.6 is 11.6 Å². The number of benzene rings is 1. The zero-order chi connectivity index (χ0) is 13.9. The number of nitrogens with zero attached hydrogens (tertiary/aromatic N) is 2. The fourth-order valence-corrected chi connectivity index (χ4v) is 1.43. The van der Waals surface area contributed by atoms with Crippen molar-refractivity contribution in [2.45, 2.75) is 13.0 Å². The number of nitro groups is 1. The Kier molecular flexibility index (Phi) is 4.86. The molecule has 7 heteroatoms. The van der Waals surface area contributed by atoms with Crippen molar-refractivity contribution < 1.29 is 9.31 Å².